The number of rotatable bonds is 7. The molecule has 1 aromatic carbocycles. The van der Waals surface area contributed by atoms with Crippen molar-refractivity contribution >= 4 is 32.6 Å². The third kappa shape index (κ3) is 3.74. The summed E-state index contributed by atoms with van der Waals surface area (Å²) in [7, 11) is 0. The van der Waals surface area contributed by atoms with Crippen LogP contribution in [0.25, 0.3) is 10.2 Å². The molecule has 7 nitrogen and oxygen atoms in total. The van der Waals surface area contributed by atoms with E-state index in [9.17, 15) is 13.6 Å². The van der Waals surface area contributed by atoms with Gasteiger partial charge in [0.25, 0.3) is 5.91 Å². The van der Waals surface area contributed by atoms with Crippen molar-refractivity contribution in [2.45, 2.75) is 33.2 Å². The highest BCUT2D eigenvalue weighted by Gasteiger charge is 2.29. The van der Waals surface area contributed by atoms with E-state index in [1.54, 1.807) is 0 Å². The summed E-state index contributed by atoms with van der Waals surface area (Å²) in [4.78, 5) is 21.4. The minimum absolute atomic E-state index is 0.0681. The lowest BCUT2D eigenvalue weighted by molar-refractivity contribution is 0.0969. The van der Waals surface area contributed by atoms with E-state index in [0.29, 0.717) is 29.5 Å². The number of carbonyl (C=O) groups is 1. The minimum atomic E-state index is -0.734. The fraction of sp³-hybridized carbons (Fsp3) is 0.474. The predicted octanol–water partition coefficient (Wildman–Crippen LogP) is 3.10. The van der Waals surface area contributed by atoms with Gasteiger partial charge in [-0.1, -0.05) is 25.2 Å². The third-order valence-electron chi connectivity index (χ3n) is 5.21. The molecule has 3 aromatic rings. The van der Waals surface area contributed by atoms with Crippen LogP contribution in [0.1, 0.15) is 36.7 Å². The Morgan fingerprint density at radius 1 is 1.21 bits per heavy atom. The van der Waals surface area contributed by atoms with Gasteiger partial charge in [-0.2, -0.15) is 0 Å². The molecule has 0 saturated carbocycles. The van der Waals surface area contributed by atoms with Crippen molar-refractivity contribution in [3.63, 3.8) is 0 Å². The molecule has 0 aliphatic carbocycles. The first-order valence-corrected chi connectivity index (χ1v) is 10.5. The van der Waals surface area contributed by atoms with E-state index in [0.717, 1.165) is 49.2 Å². The molecule has 1 aliphatic heterocycles. The Bertz CT molecular complexity index is 1040. The van der Waals surface area contributed by atoms with E-state index in [1.807, 2.05) is 4.57 Å². The van der Waals surface area contributed by atoms with Crippen molar-refractivity contribution in [1.82, 2.24) is 24.6 Å². The van der Waals surface area contributed by atoms with Crippen LogP contribution in [0.5, 0.6) is 0 Å². The van der Waals surface area contributed by atoms with E-state index in [-0.39, 0.29) is 17.2 Å². The van der Waals surface area contributed by atoms with Crippen LogP contribution >= 0.6 is 11.3 Å². The number of benzene rings is 1. The Hall–Kier alpha value is -2.46. The molecule has 29 heavy (non-hydrogen) atoms. The fourth-order valence-corrected chi connectivity index (χ4v) is 4.59. The molecule has 0 N–H and O–H groups in total. The lowest BCUT2D eigenvalue weighted by Gasteiger charge is -2.24. The van der Waals surface area contributed by atoms with Crippen molar-refractivity contribution in [3.05, 3.63) is 35.4 Å². The Morgan fingerprint density at radius 2 is 2.00 bits per heavy atom. The largest absolute Gasteiger partial charge is 0.307 e. The summed E-state index contributed by atoms with van der Waals surface area (Å²) in [5, 5.41) is 8.54. The van der Waals surface area contributed by atoms with E-state index < -0.39 is 11.6 Å². The van der Waals surface area contributed by atoms with Crippen LogP contribution in [0.2, 0.25) is 0 Å². The number of hydrogen-bond donors (Lipinski definition) is 0. The van der Waals surface area contributed by atoms with Crippen LogP contribution in [0.15, 0.2) is 12.1 Å². The molecule has 0 saturated heterocycles. The smallest absolute Gasteiger partial charge is 0.298 e. The summed E-state index contributed by atoms with van der Waals surface area (Å²) in [6.45, 7) is 7.50. The summed E-state index contributed by atoms with van der Waals surface area (Å²) in [5.41, 5.74) is 0.0681. The molecule has 154 valence electrons. The molecule has 0 atom stereocenters. The van der Waals surface area contributed by atoms with Crippen LogP contribution in [-0.4, -0.2) is 56.7 Å². The maximum absolute atomic E-state index is 14.2. The molecular weight excluding hydrogens is 398 g/mol. The van der Waals surface area contributed by atoms with Crippen LogP contribution in [0.3, 0.4) is 0 Å². The van der Waals surface area contributed by atoms with Crippen LogP contribution < -0.4 is 4.90 Å². The zero-order valence-corrected chi connectivity index (χ0v) is 17.2. The molecule has 0 unspecified atom stereocenters. The maximum Gasteiger partial charge on any atom is 0.298 e. The number of nitrogens with zero attached hydrogens (tertiary/aromatic N) is 6. The molecule has 3 heterocycles. The monoisotopic (exact) mass is 420 g/mol. The predicted molar refractivity (Wildman–Crippen MR) is 107 cm³/mol. The van der Waals surface area contributed by atoms with Crippen molar-refractivity contribution in [3.8, 4) is 0 Å². The quantitative estimate of drug-likeness (QED) is 0.588. The van der Waals surface area contributed by atoms with Gasteiger partial charge in [-0.3, -0.25) is 9.69 Å². The van der Waals surface area contributed by atoms with Crippen molar-refractivity contribution in [2.24, 2.45) is 0 Å². The molecular formula is C19H22F2N6OS. The molecule has 0 spiro atoms. The van der Waals surface area contributed by atoms with Gasteiger partial charge in [0.15, 0.2) is 10.9 Å². The van der Waals surface area contributed by atoms with Gasteiger partial charge in [-0.15, -0.1) is 10.2 Å². The summed E-state index contributed by atoms with van der Waals surface area (Å²) in [5.74, 6) is -0.654. The number of carbonyl (C=O) groups excluding carboxylic acids is 1. The first-order chi connectivity index (χ1) is 14.0. The average molecular weight is 420 g/mol. The van der Waals surface area contributed by atoms with Crippen molar-refractivity contribution < 1.29 is 13.6 Å². The molecule has 1 amide bonds. The number of aryl methyl sites for hydroxylation is 1. The minimum Gasteiger partial charge on any atom is -0.307 e. The Morgan fingerprint density at radius 3 is 2.76 bits per heavy atom. The highest BCUT2D eigenvalue weighted by atomic mass is 32.1. The number of likely N-dealkylation sites (N-methyl/N-ethyl adjacent to an activating group) is 1. The second-order valence-electron chi connectivity index (χ2n) is 6.91. The lowest BCUT2D eigenvalue weighted by Crippen LogP contribution is -2.40. The number of hydrogen-bond acceptors (Lipinski definition) is 6. The summed E-state index contributed by atoms with van der Waals surface area (Å²) >= 11 is 1.10. The summed E-state index contributed by atoms with van der Waals surface area (Å²) in [6, 6.07) is 2.04. The number of aromatic nitrogens is 4. The molecule has 2 aromatic heterocycles. The van der Waals surface area contributed by atoms with Gasteiger partial charge in [0.05, 0.1) is 4.70 Å². The molecule has 0 bridgehead atoms. The van der Waals surface area contributed by atoms with Crippen molar-refractivity contribution in [2.75, 3.05) is 31.1 Å². The fourth-order valence-electron chi connectivity index (χ4n) is 3.56. The zero-order valence-electron chi connectivity index (χ0n) is 16.4. The van der Waals surface area contributed by atoms with Gasteiger partial charge < -0.3 is 9.47 Å². The highest BCUT2D eigenvalue weighted by Crippen LogP contribution is 2.32. The van der Waals surface area contributed by atoms with Gasteiger partial charge in [-0.25, -0.2) is 13.8 Å². The molecule has 0 fully saturated rings. The normalized spacial score (nSPS) is 13.4. The van der Waals surface area contributed by atoms with Gasteiger partial charge in [0.2, 0.25) is 5.82 Å². The maximum atomic E-state index is 14.2. The van der Waals surface area contributed by atoms with Gasteiger partial charge in [0, 0.05) is 32.1 Å². The summed E-state index contributed by atoms with van der Waals surface area (Å²) in [6.07, 6.45) is 1.72. The third-order valence-corrected chi connectivity index (χ3v) is 6.24. The molecule has 1 aliphatic rings. The number of amides is 1. The first kappa shape index (κ1) is 19.8. The van der Waals surface area contributed by atoms with Gasteiger partial charge >= 0.3 is 0 Å². The standard InChI is InChI=1S/C19H22F2N6OS/c1-3-25(4-2)8-9-27(18(28)17-24-23-15-6-5-7-26(15)17)19-22-16-13(21)10-12(20)11-14(16)29-19/h10-11H,3-9H2,1-2H3. The van der Waals surface area contributed by atoms with Crippen LogP contribution in [0.4, 0.5) is 13.9 Å². The number of fused-ring (bicyclic) bond motifs is 2. The number of thiazole rings is 1. The Balaban J connectivity index is 1.71. The van der Waals surface area contributed by atoms with Crippen LogP contribution in [0, 0.1) is 11.6 Å². The summed E-state index contributed by atoms with van der Waals surface area (Å²) < 4.78 is 30.0. The molecule has 0 radical (unpaired) electrons. The lowest BCUT2D eigenvalue weighted by atomic mass is 10.3. The van der Waals surface area contributed by atoms with E-state index in [2.05, 4.69) is 33.9 Å². The SMILES string of the molecule is CCN(CC)CCN(C(=O)c1nnc2n1CCC2)c1nc2c(F)cc(F)cc2s1. The number of halogens is 2. The zero-order chi connectivity index (χ0) is 20.5. The Kier molecular flexibility index (Phi) is 5.55. The van der Waals surface area contributed by atoms with Gasteiger partial charge in [0.1, 0.15) is 17.2 Å². The topological polar surface area (TPSA) is 67.2 Å². The van der Waals surface area contributed by atoms with E-state index >= 15 is 0 Å². The Labute approximate surface area is 171 Å². The van der Waals surface area contributed by atoms with Gasteiger partial charge in [-0.05, 0) is 25.6 Å². The van der Waals surface area contributed by atoms with E-state index in [1.165, 1.54) is 11.0 Å². The number of anilines is 1. The molecule has 4 rings (SSSR count). The van der Waals surface area contributed by atoms with Crippen molar-refractivity contribution in [1.29, 1.82) is 0 Å². The second-order valence-corrected chi connectivity index (χ2v) is 7.92. The van der Waals surface area contributed by atoms with Crippen LogP contribution in [-0.2, 0) is 13.0 Å². The molecule has 10 heteroatoms. The average Bonchev–Trinajstić information content (AvgIpc) is 3.40. The highest BCUT2D eigenvalue weighted by molar-refractivity contribution is 7.22. The second kappa shape index (κ2) is 8.11. The first-order valence-electron chi connectivity index (χ1n) is 9.73. The van der Waals surface area contributed by atoms with E-state index in [4.69, 9.17) is 0 Å².